The Hall–Kier alpha value is -1.84. The highest BCUT2D eigenvalue weighted by atomic mass is 35.5. The molecule has 1 aliphatic carbocycles. The van der Waals surface area contributed by atoms with Crippen molar-refractivity contribution in [2.24, 2.45) is 16.6 Å². The molecule has 1 heterocycles. The molecule has 1 fully saturated rings. The monoisotopic (exact) mass is 311 g/mol. The van der Waals surface area contributed by atoms with Crippen LogP contribution in [0, 0.1) is 5.92 Å². The minimum Gasteiger partial charge on any atom is -0.324 e. The highest BCUT2D eigenvalue weighted by Crippen LogP contribution is 2.37. The Morgan fingerprint density at radius 3 is 2.45 bits per heavy atom. The molecule has 0 amide bonds. The Kier molecular flexibility index (Phi) is 3.40. The van der Waals surface area contributed by atoms with Crippen molar-refractivity contribution >= 4 is 22.4 Å². The highest BCUT2D eigenvalue weighted by molar-refractivity contribution is 6.47. The summed E-state index contributed by atoms with van der Waals surface area (Å²) in [5.74, 6) is 0.551. The Bertz CT molecular complexity index is 799. The van der Waals surface area contributed by atoms with Gasteiger partial charge in [-0.3, -0.25) is 4.99 Å². The van der Waals surface area contributed by atoms with Gasteiger partial charge >= 0.3 is 0 Å². The van der Waals surface area contributed by atoms with Crippen molar-refractivity contribution in [2.45, 2.75) is 25.0 Å². The summed E-state index contributed by atoms with van der Waals surface area (Å²) in [4.78, 5) is 6.99. The quantitative estimate of drug-likeness (QED) is 0.883. The molecule has 4 rings (SSSR count). The second kappa shape index (κ2) is 5.41. The van der Waals surface area contributed by atoms with Gasteiger partial charge in [0.15, 0.2) is 0 Å². The predicted molar refractivity (Wildman–Crippen MR) is 89.9 cm³/mol. The number of nitrogens with zero attached hydrogens (tertiary/aromatic N) is 2. The molecule has 0 aromatic heterocycles. The minimum absolute atomic E-state index is 0.00214. The summed E-state index contributed by atoms with van der Waals surface area (Å²) >= 11 is 6.74. The van der Waals surface area contributed by atoms with E-state index in [-0.39, 0.29) is 12.2 Å². The number of benzene rings is 2. The second-order valence-electron chi connectivity index (χ2n) is 5.97. The summed E-state index contributed by atoms with van der Waals surface area (Å²) < 4.78 is 0. The van der Waals surface area contributed by atoms with E-state index < -0.39 is 0 Å². The third kappa shape index (κ3) is 2.31. The van der Waals surface area contributed by atoms with Gasteiger partial charge in [-0.05, 0) is 43.0 Å². The zero-order valence-corrected chi connectivity index (χ0v) is 12.9. The van der Waals surface area contributed by atoms with E-state index in [9.17, 15) is 0 Å². The number of para-hydroxylation sites is 2. The van der Waals surface area contributed by atoms with Crippen LogP contribution in [0.1, 0.15) is 12.8 Å². The van der Waals surface area contributed by atoms with Gasteiger partial charge in [0.05, 0.1) is 5.36 Å². The van der Waals surface area contributed by atoms with Crippen molar-refractivity contribution < 1.29 is 0 Å². The summed E-state index contributed by atoms with van der Waals surface area (Å²) in [6.07, 6.45) is 2.24. The minimum atomic E-state index is -0.141. The average Bonchev–Trinajstić information content (AvgIpc) is 3.40. The van der Waals surface area contributed by atoms with E-state index in [1.54, 1.807) is 0 Å². The number of nitrogens with two attached hydrogens (primary N) is 1. The maximum atomic E-state index is 6.74. The van der Waals surface area contributed by atoms with Gasteiger partial charge in [-0.25, -0.2) is 0 Å². The van der Waals surface area contributed by atoms with E-state index in [1.807, 2.05) is 42.5 Å². The van der Waals surface area contributed by atoms with E-state index in [2.05, 4.69) is 17.0 Å². The molecule has 1 unspecified atom stereocenters. The van der Waals surface area contributed by atoms with Crippen LogP contribution in [-0.4, -0.2) is 12.2 Å². The molecule has 2 N–H and O–H groups in total. The van der Waals surface area contributed by atoms with E-state index in [0.29, 0.717) is 11.1 Å². The van der Waals surface area contributed by atoms with Crippen LogP contribution in [0.2, 0.25) is 0 Å². The molecule has 22 heavy (non-hydrogen) atoms. The van der Waals surface area contributed by atoms with Crippen molar-refractivity contribution in [3.05, 3.63) is 65.2 Å². The lowest BCUT2D eigenvalue weighted by Gasteiger charge is -2.36. The van der Waals surface area contributed by atoms with Gasteiger partial charge in [-0.1, -0.05) is 41.9 Å². The smallest absolute Gasteiger partial charge is 0.142 e. The first-order chi connectivity index (χ1) is 10.8. The number of hydrogen-bond acceptors (Lipinski definition) is 3. The lowest BCUT2D eigenvalue weighted by Crippen LogP contribution is -2.53. The Morgan fingerprint density at radius 2 is 1.73 bits per heavy atom. The van der Waals surface area contributed by atoms with Gasteiger partial charge in [-0.2, -0.15) is 0 Å². The molecule has 1 saturated carbocycles. The van der Waals surface area contributed by atoms with Gasteiger partial charge in [0.25, 0.3) is 0 Å². The number of anilines is 1. The molecular formula is C18H18ClN3. The van der Waals surface area contributed by atoms with Gasteiger partial charge in [0.1, 0.15) is 11.3 Å². The number of rotatable bonds is 3. The molecular weight excluding hydrogens is 294 g/mol. The molecule has 4 heteroatoms. The van der Waals surface area contributed by atoms with Crippen LogP contribution < -0.4 is 21.2 Å². The first-order valence-corrected chi connectivity index (χ1v) is 8.06. The fraction of sp³-hybridized carbons (Fsp3) is 0.278. The molecule has 2 aliphatic rings. The molecule has 2 atom stereocenters. The molecule has 2 aromatic rings. The van der Waals surface area contributed by atoms with Crippen LogP contribution >= 0.6 is 11.6 Å². The largest absolute Gasteiger partial charge is 0.324 e. The maximum absolute atomic E-state index is 6.74. The predicted octanol–water partition coefficient (Wildman–Crippen LogP) is 2.19. The lowest BCUT2D eigenvalue weighted by atomic mass is 10.1. The lowest BCUT2D eigenvalue weighted by molar-refractivity contribution is 0.476. The molecule has 0 saturated heterocycles. The zero-order chi connectivity index (χ0) is 15.1. The van der Waals surface area contributed by atoms with Crippen molar-refractivity contribution in [3.63, 3.8) is 0 Å². The summed E-state index contributed by atoms with van der Waals surface area (Å²) in [6.45, 7) is 0. The summed E-state index contributed by atoms with van der Waals surface area (Å²) in [5, 5.41) is 2.60. The molecule has 0 bridgehead atoms. The third-order valence-corrected chi connectivity index (χ3v) is 4.80. The van der Waals surface area contributed by atoms with Crippen molar-refractivity contribution in [2.75, 3.05) is 4.90 Å². The number of fused-ring (bicyclic) bond motifs is 1. The normalized spacial score (nSPS) is 22.0. The Morgan fingerprint density at radius 1 is 1.05 bits per heavy atom. The Labute approximate surface area is 134 Å². The van der Waals surface area contributed by atoms with Crippen LogP contribution in [-0.2, 0) is 0 Å². The van der Waals surface area contributed by atoms with Crippen molar-refractivity contribution in [1.29, 1.82) is 0 Å². The first kappa shape index (κ1) is 13.8. The summed E-state index contributed by atoms with van der Waals surface area (Å²) in [5.41, 5.74) is 7.53. The fourth-order valence-corrected chi connectivity index (χ4v) is 3.40. The van der Waals surface area contributed by atoms with E-state index in [0.717, 1.165) is 16.3 Å². The van der Waals surface area contributed by atoms with Gasteiger partial charge < -0.3 is 10.6 Å². The van der Waals surface area contributed by atoms with Crippen LogP contribution in [0.3, 0.4) is 0 Å². The topological polar surface area (TPSA) is 41.6 Å². The van der Waals surface area contributed by atoms with E-state index in [1.165, 1.54) is 12.8 Å². The standard InChI is InChI=1S/C18H18ClN3/c19-17-14-8-4-5-9-15(14)21-18(16(20)12-10-11-12)22(17)13-6-2-1-3-7-13/h1-9,12,16,18H,10-11,20H2/t16?,18-/m0/s1. The van der Waals surface area contributed by atoms with Crippen LogP contribution in [0.5, 0.6) is 0 Å². The molecule has 0 spiro atoms. The van der Waals surface area contributed by atoms with Gasteiger partial charge in [0, 0.05) is 16.9 Å². The van der Waals surface area contributed by atoms with E-state index >= 15 is 0 Å². The highest BCUT2D eigenvalue weighted by Gasteiger charge is 2.38. The molecule has 112 valence electrons. The second-order valence-corrected chi connectivity index (χ2v) is 6.33. The zero-order valence-electron chi connectivity index (χ0n) is 12.2. The fourth-order valence-electron chi connectivity index (χ4n) is 3.04. The average molecular weight is 312 g/mol. The molecule has 1 aliphatic heterocycles. The summed E-state index contributed by atoms with van der Waals surface area (Å²) in [7, 11) is 0. The van der Waals surface area contributed by atoms with Crippen LogP contribution in [0.4, 0.5) is 5.69 Å². The van der Waals surface area contributed by atoms with Gasteiger partial charge in [-0.15, -0.1) is 0 Å². The Balaban J connectivity index is 1.90. The summed E-state index contributed by atoms with van der Waals surface area (Å²) in [6, 6.07) is 18.1. The first-order valence-electron chi connectivity index (χ1n) is 7.68. The van der Waals surface area contributed by atoms with Crippen molar-refractivity contribution in [1.82, 2.24) is 0 Å². The van der Waals surface area contributed by atoms with Crippen LogP contribution in [0.25, 0.3) is 5.16 Å². The number of hydrogen-bond donors (Lipinski definition) is 1. The number of halogens is 1. The SMILES string of the molecule is NC(C1CC1)[C@H]1N=c2ccccc2=C(Cl)N1c1ccccc1. The molecule has 0 radical (unpaired) electrons. The third-order valence-electron chi connectivity index (χ3n) is 4.42. The van der Waals surface area contributed by atoms with Crippen LogP contribution in [0.15, 0.2) is 59.6 Å². The molecule has 3 nitrogen and oxygen atoms in total. The van der Waals surface area contributed by atoms with E-state index in [4.69, 9.17) is 22.3 Å². The van der Waals surface area contributed by atoms with Crippen molar-refractivity contribution in [3.8, 4) is 0 Å². The molecule has 2 aromatic carbocycles. The van der Waals surface area contributed by atoms with Gasteiger partial charge in [0.2, 0.25) is 0 Å². The maximum Gasteiger partial charge on any atom is 0.142 e.